The number of primary amides is 1. The molecule has 120 valence electrons. The van der Waals surface area contributed by atoms with Crippen molar-refractivity contribution in [2.75, 3.05) is 0 Å². The summed E-state index contributed by atoms with van der Waals surface area (Å²) in [5, 5.41) is 15.2. The molecule has 2 heterocycles. The maximum absolute atomic E-state index is 11.1. The number of aryl methyl sites for hydroxylation is 2. The van der Waals surface area contributed by atoms with Crippen LogP contribution >= 0.6 is 11.3 Å². The van der Waals surface area contributed by atoms with Crippen molar-refractivity contribution < 1.29 is 9.90 Å². The van der Waals surface area contributed by atoms with E-state index < -0.39 is 12.0 Å². The third kappa shape index (κ3) is 4.11. The lowest BCUT2D eigenvalue weighted by Gasteiger charge is -2.09. The number of thiazole rings is 1. The first-order valence-electron chi connectivity index (χ1n) is 7.20. The van der Waals surface area contributed by atoms with Gasteiger partial charge in [0.25, 0.3) is 0 Å². The third-order valence-corrected chi connectivity index (χ3v) is 4.37. The molecule has 0 aromatic carbocycles. The predicted octanol–water partition coefficient (Wildman–Crippen LogP) is 0.741. The van der Waals surface area contributed by atoms with Gasteiger partial charge in [-0.05, 0) is 20.3 Å². The van der Waals surface area contributed by atoms with Crippen LogP contribution in [0.25, 0.3) is 0 Å². The smallest absolute Gasteiger partial charge is 0.225 e. The lowest BCUT2D eigenvalue weighted by Crippen LogP contribution is -2.18. The van der Waals surface area contributed by atoms with Gasteiger partial charge < -0.3 is 10.8 Å². The Labute approximate surface area is 133 Å². The molecule has 0 saturated heterocycles. The molecule has 0 spiro atoms. The number of aliphatic hydroxyl groups is 1. The molecule has 22 heavy (non-hydrogen) atoms. The number of rotatable bonds is 7. The summed E-state index contributed by atoms with van der Waals surface area (Å²) in [5.41, 5.74) is 6.18. The first-order chi connectivity index (χ1) is 10.4. The molecule has 1 atom stereocenters. The van der Waals surface area contributed by atoms with Gasteiger partial charge in [0.1, 0.15) is 5.82 Å². The Hall–Kier alpha value is -1.80. The Bertz CT molecular complexity index is 664. The van der Waals surface area contributed by atoms with Crippen LogP contribution in [0.15, 0.2) is 0 Å². The minimum Gasteiger partial charge on any atom is -0.391 e. The van der Waals surface area contributed by atoms with Gasteiger partial charge in [0.05, 0.1) is 29.8 Å². The number of hydrogen-bond donors (Lipinski definition) is 2. The van der Waals surface area contributed by atoms with Crippen LogP contribution in [0.5, 0.6) is 0 Å². The number of aromatic nitrogens is 4. The fourth-order valence-corrected chi connectivity index (χ4v) is 3.08. The van der Waals surface area contributed by atoms with Crippen LogP contribution in [0, 0.1) is 13.8 Å². The van der Waals surface area contributed by atoms with Crippen LogP contribution in [0.3, 0.4) is 0 Å². The highest BCUT2D eigenvalue weighted by Gasteiger charge is 2.16. The molecule has 0 aliphatic carbocycles. The SMILES string of the molecule is CCC(O)Cn1nc(CC(N)=O)nc1Cc1sc(C)nc1C. The van der Waals surface area contributed by atoms with Crippen LogP contribution in [0.4, 0.5) is 0 Å². The minimum atomic E-state index is -0.494. The standard InChI is InChI=1S/C14H21N5O2S/c1-4-10(20)7-19-14(17-13(18-19)6-12(15)21)5-11-8(2)16-9(3)22-11/h10,20H,4-7H2,1-3H3,(H2,15,21). The van der Waals surface area contributed by atoms with E-state index in [1.807, 2.05) is 20.8 Å². The summed E-state index contributed by atoms with van der Waals surface area (Å²) in [7, 11) is 0. The van der Waals surface area contributed by atoms with E-state index >= 15 is 0 Å². The van der Waals surface area contributed by atoms with Crippen molar-refractivity contribution in [1.82, 2.24) is 19.7 Å². The molecule has 2 rings (SSSR count). The number of nitrogens with zero attached hydrogens (tertiary/aromatic N) is 4. The first-order valence-corrected chi connectivity index (χ1v) is 8.02. The molecule has 0 aliphatic heterocycles. The topological polar surface area (TPSA) is 107 Å². The van der Waals surface area contributed by atoms with Crippen molar-refractivity contribution in [1.29, 1.82) is 0 Å². The quantitative estimate of drug-likeness (QED) is 0.781. The van der Waals surface area contributed by atoms with Crippen LogP contribution in [0.1, 0.15) is 40.6 Å². The lowest BCUT2D eigenvalue weighted by molar-refractivity contribution is -0.117. The van der Waals surface area contributed by atoms with E-state index in [-0.39, 0.29) is 6.42 Å². The second-order valence-corrected chi connectivity index (χ2v) is 6.54. The van der Waals surface area contributed by atoms with Gasteiger partial charge in [-0.15, -0.1) is 11.3 Å². The number of carbonyl (C=O) groups is 1. The molecule has 2 aromatic heterocycles. The zero-order chi connectivity index (χ0) is 16.3. The maximum atomic E-state index is 11.1. The summed E-state index contributed by atoms with van der Waals surface area (Å²) in [4.78, 5) is 21.0. The van der Waals surface area contributed by atoms with Gasteiger partial charge in [-0.3, -0.25) is 4.79 Å². The van der Waals surface area contributed by atoms with Gasteiger partial charge in [-0.1, -0.05) is 6.92 Å². The third-order valence-electron chi connectivity index (χ3n) is 3.30. The Morgan fingerprint density at radius 3 is 2.68 bits per heavy atom. The zero-order valence-electron chi connectivity index (χ0n) is 13.0. The van der Waals surface area contributed by atoms with Gasteiger partial charge >= 0.3 is 0 Å². The molecule has 0 saturated carbocycles. The van der Waals surface area contributed by atoms with Gasteiger partial charge in [0.15, 0.2) is 5.82 Å². The lowest BCUT2D eigenvalue weighted by atomic mass is 10.2. The average molecular weight is 323 g/mol. The number of nitrogens with two attached hydrogens (primary N) is 1. The number of hydrogen-bond acceptors (Lipinski definition) is 6. The summed E-state index contributed by atoms with van der Waals surface area (Å²) in [6.07, 6.45) is 0.720. The van der Waals surface area contributed by atoms with E-state index in [0.717, 1.165) is 21.4 Å². The number of aliphatic hydroxyl groups excluding tert-OH is 1. The molecular weight excluding hydrogens is 302 g/mol. The second-order valence-electron chi connectivity index (χ2n) is 5.25. The van der Waals surface area contributed by atoms with Crippen molar-refractivity contribution in [3.05, 3.63) is 27.2 Å². The van der Waals surface area contributed by atoms with E-state index in [0.29, 0.717) is 25.2 Å². The highest BCUT2D eigenvalue weighted by molar-refractivity contribution is 7.11. The first kappa shape index (κ1) is 16.6. The average Bonchev–Trinajstić information content (AvgIpc) is 2.93. The highest BCUT2D eigenvalue weighted by atomic mass is 32.1. The Kier molecular flexibility index (Phi) is 5.25. The maximum Gasteiger partial charge on any atom is 0.225 e. The van der Waals surface area contributed by atoms with Crippen molar-refractivity contribution in [2.24, 2.45) is 5.73 Å². The molecule has 0 aliphatic rings. The van der Waals surface area contributed by atoms with Crippen molar-refractivity contribution >= 4 is 17.2 Å². The second kappa shape index (κ2) is 6.97. The van der Waals surface area contributed by atoms with E-state index in [4.69, 9.17) is 5.73 Å². The van der Waals surface area contributed by atoms with Gasteiger partial charge in [0.2, 0.25) is 5.91 Å². The summed E-state index contributed by atoms with van der Waals surface area (Å²) < 4.78 is 1.67. The van der Waals surface area contributed by atoms with Crippen LogP contribution in [-0.2, 0) is 24.2 Å². The number of amides is 1. The predicted molar refractivity (Wildman–Crippen MR) is 83.6 cm³/mol. The van der Waals surface area contributed by atoms with E-state index in [1.165, 1.54) is 0 Å². The molecule has 1 amide bonds. The highest BCUT2D eigenvalue weighted by Crippen LogP contribution is 2.20. The molecular formula is C14H21N5O2S. The molecule has 7 nitrogen and oxygen atoms in total. The van der Waals surface area contributed by atoms with E-state index in [2.05, 4.69) is 15.1 Å². The van der Waals surface area contributed by atoms with Crippen molar-refractivity contribution in [2.45, 2.75) is 52.7 Å². The molecule has 8 heteroatoms. The summed E-state index contributed by atoms with van der Waals surface area (Å²) in [6.45, 7) is 6.19. The van der Waals surface area contributed by atoms with Crippen molar-refractivity contribution in [3.63, 3.8) is 0 Å². The zero-order valence-corrected chi connectivity index (χ0v) is 13.9. The van der Waals surface area contributed by atoms with E-state index in [1.54, 1.807) is 16.0 Å². The Morgan fingerprint density at radius 2 is 2.14 bits per heavy atom. The van der Waals surface area contributed by atoms with Crippen LogP contribution in [-0.4, -0.2) is 36.9 Å². The molecule has 3 N–H and O–H groups in total. The van der Waals surface area contributed by atoms with Gasteiger partial charge in [0, 0.05) is 11.3 Å². The Morgan fingerprint density at radius 1 is 1.41 bits per heavy atom. The fraction of sp³-hybridized carbons (Fsp3) is 0.571. The molecule has 0 radical (unpaired) electrons. The molecule has 1 unspecified atom stereocenters. The van der Waals surface area contributed by atoms with Gasteiger partial charge in [-0.25, -0.2) is 14.6 Å². The normalized spacial score (nSPS) is 12.5. The van der Waals surface area contributed by atoms with Gasteiger partial charge in [-0.2, -0.15) is 5.10 Å². The largest absolute Gasteiger partial charge is 0.391 e. The monoisotopic (exact) mass is 323 g/mol. The van der Waals surface area contributed by atoms with Crippen LogP contribution < -0.4 is 5.73 Å². The molecule has 0 bridgehead atoms. The fourth-order valence-electron chi connectivity index (χ4n) is 2.14. The summed E-state index contributed by atoms with van der Waals surface area (Å²) >= 11 is 1.62. The number of carbonyl (C=O) groups excluding carboxylic acids is 1. The van der Waals surface area contributed by atoms with E-state index in [9.17, 15) is 9.90 Å². The van der Waals surface area contributed by atoms with Crippen molar-refractivity contribution in [3.8, 4) is 0 Å². The summed E-state index contributed by atoms with van der Waals surface area (Å²) in [6, 6.07) is 0. The minimum absolute atomic E-state index is 0.00290. The summed E-state index contributed by atoms with van der Waals surface area (Å²) in [5.74, 6) is 0.643. The molecule has 2 aromatic rings. The Balaban J connectivity index is 2.28. The molecule has 0 fully saturated rings. The van der Waals surface area contributed by atoms with Crippen LogP contribution in [0.2, 0.25) is 0 Å².